The van der Waals surface area contributed by atoms with Gasteiger partial charge < -0.3 is 5.11 Å². The van der Waals surface area contributed by atoms with E-state index in [9.17, 15) is 14.7 Å². The Morgan fingerprint density at radius 3 is 2.32 bits per heavy atom. The molecule has 1 saturated heterocycles. The van der Waals surface area contributed by atoms with E-state index in [4.69, 9.17) is 11.6 Å². The van der Waals surface area contributed by atoms with Crippen LogP contribution in [0.1, 0.15) is 17.2 Å². The molecule has 28 heavy (non-hydrogen) atoms. The first-order chi connectivity index (χ1) is 13.6. The zero-order chi connectivity index (χ0) is 19.7. The average molecular weight is 391 g/mol. The monoisotopic (exact) mass is 390 g/mol. The first-order valence-electron chi connectivity index (χ1n) is 8.60. The quantitative estimate of drug-likeness (QED) is 0.410. The van der Waals surface area contributed by atoms with E-state index < -0.39 is 17.7 Å². The molecule has 1 aliphatic rings. The number of anilines is 1. The molecular weight excluding hydrogens is 376 g/mol. The van der Waals surface area contributed by atoms with Crippen LogP contribution in [0.15, 0.2) is 84.7 Å². The smallest absolute Gasteiger partial charge is 0.300 e. The second-order valence-corrected chi connectivity index (χ2v) is 6.73. The maximum atomic E-state index is 12.9. The Hall–Kier alpha value is -3.44. The Labute approximate surface area is 166 Å². The van der Waals surface area contributed by atoms with Gasteiger partial charge in [-0.25, -0.2) is 0 Å². The molecule has 5 nitrogen and oxygen atoms in total. The van der Waals surface area contributed by atoms with Crippen LogP contribution in [0.3, 0.4) is 0 Å². The van der Waals surface area contributed by atoms with Gasteiger partial charge in [0.15, 0.2) is 0 Å². The molecule has 1 amide bonds. The van der Waals surface area contributed by atoms with Crippen molar-refractivity contribution in [1.29, 1.82) is 0 Å². The Bertz CT molecular complexity index is 1060. The number of aromatic nitrogens is 1. The fourth-order valence-electron chi connectivity index (χ4n) is 3.31. The van der Waals surface area contributed by atoms with Gasteiger partial charge in [0.25, 0.3) is 11.7 Å². The van der Waals surface area contributed by atoms with Crippen LogP contribution in [0.5, 0.6) is 0 Å². The lowest BCUT2D eigenvalue weighted by molar-refractivity contribution is -0.132. The van der Waals surface area contributed by atoms with Crippen LogP contribution in [0.4, 0.5) is 5.69 Å². The lowest BCUT2D eigenvalue weighted by Gasteiger charge is -2.25. The molecule has 2 heterocycles. The highest BCUT2D eigenvalue weighted by Gasteiger charge is 2.46. The van der Waals surface area contributed by atoms with E-state index >= 15 is 0 Å². The number of nitrogens with zero attached hydrogens (tertiary/aromatic N) is 2. The third-order valence-electron chi connectivity index (χ3n) is 4.60. The minimum absolute atomic E-state index is 0.0300. The molecule has 1 fully saturated rings. The number of amides is 1. The molecule has 1 aromatic heterocycles. The zero-order valence-electron chi connectivity index (χ0n) is 14.6. The van der Waals surface area contributed by atoms with Crippen LogP contribution in [-0.4, -0.2) is 21.8 Å². The first kappa shape index (κ1) is 17.9. The van der Waals surface area contributed by atoms with Crippen molar-refractivity contribution in [2.75, 3.05) is 4.90 Å². The number of carbonyl (C=O) groups excluding carboxylic acids is 2. The molecule has 3 aromatic rings. The highest BCUT2D eigenvalue weighted by molar-refractivity contribution is 6.51. The lowest BCUT2D eigenvalue weighted by atomic mass is 9.95. The summed E-state index contributed by atoms with van der Waals surface area (Å²) in [6.07, 6.45) is 3.11. The molecule has 1 unspecified atom stereocenters. The van der Waals surface area contributed by atoms with E-state index in [1.165, 1.54) is 11.1 Å². The Kier molecular flexibility index (Phi) is 4.67. The van der Waals surface area contributed by atoms with Gasteiger partial charge in [-0.2, -0.15) is 0 Å². The Morgan fingerprint density at radius 2 is 1.68 bits per heavy atom. The van der Waals surface area contributed by atoms with Gasteiger partial charge in [-0.15, -0.1) is 0 Å². The van der Waals surface area contributed by atoms with Gasteiger partial charge in [0.05, 0.1) is 23.5 Å². The number of aliphatic hydroxyl groups excluding tert-OH is 1. The summed E-state index contributed by atoms with van der Waals surface area (Å²) < 4.78 is 0. The van der Waals surface area contributed by atoms with E-state index in [1.54, 1.807) is 42.6 Å². The number of rotatable bonds is 3. The van der Waals surface area contributed by atoms with Crippen molar-refractivity contribution in [3.63, 3.8) is 0 Å². The average Bonchev–Trinajstić information content (AvgIpc) is 3.00. The molecule has 1 aliphatic heterocycles. The van der Waals surface area contributed by atoms with Gasteiger partial charge in [-0.1, -0.05) is 41.9 Å². The summed E-state index contributed by atoms with van der Waals surface area (Å²) in [7, 11) is 0. The van der Waals surface area contributed by atoms with Crippen LogP contribution in [0.25, 0.3) is 5.76 Å². The number of ketones is 1. The van der Waals surface area contributed by atoms with Gasteiger partial charge in [0.1, 0.15) is 5.76 Å². The van der Waals surface area contributed by atoms with Crippen molar-refractivity contribution in [2.24, 2.45) is 0 Å². The van der Waals surface area contributed by atoms with Crippen molar-refractivity contribution in [1.82, 2.24) is 4.98 Å². The van der Waals surface area contributed by atoms with Gasteiger partial charge in [-0.3, -0.25) is 19.5 Å². The SMILES string of the molecule is O=C1C(=O)N(c2cccnc2)C(c2ccccc2)/C1=C(/O)c1ccc(Cl)cc1. The van der Waals surface area contributed by atoms with Gasteiger partial charge in [0, 0.05) is 16.8 Å². The van der Waals surface area contributed by atoms with Gasteiger partial charge in [-0.05, 0) is 42.0 Å². The third-order valence-corrected chi connectivity index (χ3v) is 4.85. The summed E-state index contributed by atoms with van der Waals surface area (Å²) in [5, 5.41) is 11.4. The summed E-state index contributed by atoms with van der Waals surface area (Å²) in [5.74, 6) is -1.70. The molecule has 2 aromatic carbocycles. The van der Waals surface area contributed by atoms with E-state index in [0.29, 0.717) is 21.8 Å². The number of benzene rings is 2. The molecule has 0 bridgehead atoms. The van der Waals surface area contributed by atoms with Crippen LogP contribution in [-0.2, 0) is 9.59 Å². The summed E-state index contributed by atoms with van der Waals surface area (Å²) in [6.45, 7) is 0. The van der Waals surface area contributed by atoms with E-state index in [-0.39, 0.29) is 11.3 Å². The molecular formula is C22H15ClN2O3. The third kappa shape index (κ3) is 3.06. The van der Waals surface area contributed by atoms with Crippen LogP contribution < -0.4 is 4.90 Å². The number of carbonyl (C=O) groups is 2. The Balaban J connectivity index is 1.94. The fraction of sp³-hybridized carbons (Fsp3) is 0.0455. The zero-order valence-corrected chi connectivity index (χ0v) is 15.4. The number of halogens is 1. The van der Waals surface area contributed by atoms with E-state index in [2.05, 4.69) is 4.98 Å². The number of Topliss-reactive ketones (excluding diaryl/α,β-unsaturated/α-hetero) is 1. The van der Waals surface area contributed by atoms with Crippen molar-refractivity contribution in [3.8, 4) is 0 Å². The molecule has 4 rings (SSSR count). The van der Waals surface area contributed by atoms with Crippen molar-refractivity contribution in [3.05, 3.63) is 101 Å². The summed E-state index contributed by atoms with van der Waals surface area (Å²) in [6, 6.07) is 18.2. The number of hydrogen-bond donors (Lipinski definition) is 1. The summed E-state index contributed by atoms with van der Waals surface area (Å²) in [4.78, 5) is 31.2. The standard InChI is InChI=1S/C22H15ClN2O3/c23-16-10-8-15(9-11-16)20(26)18-19(14-5-2-1-3-6-14)25(22(28)21(18)27)17-7-4-12-24-13-17/h1-13,19,26H/b20-18-. The fourth-order valence-corrected chi connectivity index (χ4v) is 3.44. The largest absolute Gasteiger partial charge is 0.507 e. The van der Waals surface area contributed by atoms with E-state index in [0.717, 1.165) is 0 Å². The molecule has 0 aliphatic carbocycles. The molecule has 0 saturated carbocycles. The van der Waals surface area contributed by atoms with Crippen molar-refractivity contribution >= 4 is 34.7 Å². The normalized spacial score (nSPS) is 18.5. The minimum Gasteiger partial charge on any atom is -0.507 e. The lowest BCUT2D eigenvalue weighted by Crippen LogP contribution is -2.29. The van der Waals surface area contributed by atoms with Crippen LogP contribution in [0, 0.1) is 0 Å². The predicted octanol–water partition coefficient (Wildman–Crippen LogP) is 4.36. The predicted molar refractivity (Wildman–Crippen MR) is 107 cm³/mol. The first-order valence-corrected chi connectivity index (χ1v) is 8.97. The molecule has 1 atom stereocenters. The second kappa shape index (κ2) is 7.29. The topological polar surface area (TPSA) is 70.5 Å². The highest BCUT2D eigenvalue weighted by Crippen LogP contribution is 2.41. The number of aliphatic hydroxyl groups is 1. The molecule has 0 spiro atoms. The highest BCUT2D eigenvalue weighted by atomic mass is 35.5. The molecule has 0 radical (unpaired) electrons. The minimum atomic E-state index is -0.763. The van der Waals surface area contributed by atoms with Gasteiger partial charge >= 0.3 is 0 Å². The maximum absolute atomic E-state index is 12.9. The number of pyridine rings is 1. The van der Waals surface area contributed by atoms with Crippen molar-refractivity contribution in [2.45, 2.75) is 6.04 Å². The second-order valence-electron chi connectivity index (χ2n) is 6.30. The Morgan fingerprint density at radius 1 is 0.964 bits per heavy atom. The van der Waals surface area contributed by atoms with Crippen LogP contribution in [0.2, 0.25) is 5.02 Å². The summed E-state index contributed by atoms with van der Waals surface area (Å²) in [5.41, 5.74) is 1.63. The van der Waals surface area contributed by atoms with E-state index in [1.807, 2.05) is 30.3 Å². The molecule has 138 valence electrons. The van der Waals surface area contributed by atoms with Crippen LogP contribution >= 0.6 is 11.6 Å². The van der Waals surface area contributed by atoms with Crippen molar-refractivity contribution < 1.29 is 14.7 Å². The summed E-state index contributed by atoms with van der Waals surface area (Å²) >= 11 is 5.92. The molecule has 6 heteroatoms. The maximum Gasteiger partial charge on any atom is 0.300 e. The van der Waals surface area contributed by atoms with Gasteiger partial charge in [0.2, 0.25) is 0 Å². The number of hydrogen-bond acceptors (Lipinski definition) is 4. The molecule has 1 N–H and O–H groups in total.